The molecule has 3 heterocycles. The Morgan fingerprint density at radius 2 is 1.88 bits per heavy atom. The summed E-state index contributed by atoms with van der Waals surface area (Å²) in [4.78, 5) is 7.97. The molecule has 124 valence electrons. The number of halogens is 3. The topological polar surface area (TPSA) is 82.2 Å². The molecule has 2 bridgehead atoms. The molecule has 2 N–H and O–H groups in total. The third kappa shape index (κ3) is 1.78. The first kappa shape index (κ1) is 14.0. The number of pyridine rings is 1. The van der Waals surface area contributed by atoms with E-state index in [0.717, 1.165) is 25.5 Å². The van der Waals surface area contributed by atoms with Crippen molar-refractivity contribution in [2.24, 2.45) is 5.73 Å². The molecule has 3 aliphatic carbocycles. The Morgan fingerprint density at radius 1 is 1.12 bits per heavy atom. The van der Waals surface area contributed by atoms with Crippen LogP contribution < -0.4 is 5.73 Å². The van der Waals surface area contributed by atoms with Crippen molar-refractivity contribution in [1.29, 1.82) is 0 Å². The summed E-state index contributed by atoms with van der Waals surface area (Å²) in [5, 5.41) is 4.03. The van der Waals surface area contributed by atoms with Crippen molar-refractivity contribution in [1.82, 2.24) is 19.5 Å². The maximum atomic E-state index is 12.7. The third-order valence-electron chi connectivity index (χ3n) is 4.96. The minimum Gasteiger partial charge on any atom is -0.334 e. The minimum atomic E-state index is -4.48. The lowest BCUT2D eigenvalue weighted by atomic mass is 9.39. The highest BCUT2D eigenvalue weighted by atomic mass is 19.4. The van der Waals surface area contributed by atoms with Gasteiger partial charge in [0.25, 0.3) is 5.89 Å². The molecule has 3 saturated carbocycles. The second kappa shape index (κ2) is 3.97. The van der Waals surface area contributed by atoms with Gasteiger partial charge in [0.05, 0.1) is 5.56 Å². The zero-order valence-corrected chi connectivity index (χ0v) is 12.3. The molecule has 0 unspecified atom stereocenters. The standard InChI is InChI=1S/C15H12F3N5O/c16-15(17,18)9-4-23-3-8(1-2-10(23)20-9)11-21-12(22-24-11)13-5-14(19,6-13)7-13/h1-4H,5-7,19H2. The predicted octanol–water partition coefficient (Wildman–Crippen LogP) is 2.54. The molecule has 3 aliphatic rings. The van der Waals surface area contributed by atoms with Crippen LogP contribution in [0, 0.1) is 0 Å². The number of rotatable bonds is 2. The lowest BCUT2D eigenvalue weighted by Crippen LogP contribution is -2.74. The van der Waals surface area contributed by atoms with Crippen molar-refractivity contribution in [3.05, 3.63) is 36.0 Å². The van der Waals surface area contributed by atoms with Crippen LogP contribution in [0.25, 0.3) is 17.1 Å². The van der Waals surface area contributed by atoms with Gasteiger partial charge in [-0.25, -0.2) is 4.98 Å². The van der Waals surface area contributed by atoms with Crippen molar-refractivity contribution in [2.45, 2.75) is 36.4 Å². The molecule has 3 fully saturated rings. The van der Waals surface area contributed by atoms with E-state index in [1.54, 1.807) is 6.07 Å². The summed E-state index contributed by atoms with van der Waals surface area (Å²) < 4.78 is 44.8. The maximum Gasteiger partial charge on any atom is 0.434 e. The summed E-state index contributed by atoms with van der Waals surface area (Å²) in [6.07, 6.45) is 0.528. The van der Waals surface area contributed by atoms with Crippen LogP contribution in [0.5, 0.6) is 0 Å². The second-order valence-corrected chi connectivity index (χ2v) is 6.90. The summed E-state index contributed by atoms with van der Waals surface area (Å²) in [5.41, 5.74) is 5.71. The Kier molecular flexibility index (Phi) is 2.31. The van der Waals surface area contributed by atoms with Gasteiger partial charge in [0.1, 0.15) is 5.65 Å². The Balaban J connectivity index is 1.50. The highest BCUT2D eigenvalue weighted by Gasteiger charge is 2.68. The van der Waals surface area contributed by atoms with Crippen LogP contribution >= 0.6 is 0 Å². The van der Waals surface area contributed by atoms with Crippen LogP contribution in [0.4, 0.5) is 13.2 Å². The average molecular weight is 335 g/mol. The molecule has 0 saturated heterocycles. The number of nitrogens with zero attached hydrogens (tertiary/aromatic N) is 4. The molecule has 6 rings (SSSR count). The van der Waals surface area contributed by atoms with Gasteiger partial charge in [0, 0.05) is 23.3 Å². The van der Waals surface area contributed by atoms with Crippen molar-refractivity contribution in [3.8, 4) is 11.5 Å². The smallest absolute Gasteiger partial charge is 0.334 e. The molecule has 0 atom stereocenters. The summed E-state index contributed by atoms with van der Waals surface area (Å²) in [6.45, 7) is 0. The van der Waals surface area contributed by atoms with Gasteiger partial charge in [0.2, 0.25) is 0 Å². The van der Waals surface area contributed by atoms with Crippen molar-refractivity contribution < 1.29 is 17.7 Å². The molecule has 0 aromatic carbocycles. The summed E-state index contributed by atoms with van der Waals surface area (Å²) in [7, 11) is 0. The van der Waals surface area contributed by atoms with E-state index in [0.29, 0.717) is 11.4 Å². The van der Waals surface area contributed by atoms with Crippen molar-refractivity contribution in [2.75, 3.05) is 0 Å². The van der Waals surface area contributed by atoms with Crippen molar-refractivity contribution >= 4 is 5.65 Å². The molecule has 6 nitrogen and oxygen atoms in total. The van der Waals surface area contributed by atoms with Crippen LogP contribution in [0.1, 0.15) is 30.8 Å². The molecule has 24 heavy (non-hydrogen) atoms. The summed E-state index contributed by atoms with van der Waals surface area (Å²) >= 11 is 0. The summed E-state index contributed by atoms with van der Waals surface area (Å²) in [6, 6.07) is 3.11. The van der Waals surface area contributed by atoms with Gasteiger partial charge in [-0.3, -0.25) is 0 Å². The number of hydrogen-bond donors (Lipinski definition) is 1. The van der Waals surface area contributed by atoms with Crippen LogP contribution in [-0.4, -0.2) is 25.1 Å². The Labute approximate surface area is 133 Å². The van der Waals surface area contributed by atoms with E-state index in [-0.39, 0.29) is 22.5 Å². The molecule has 9 heteroatoms. The largest absolute Gasteiger partial charge is 0.434 e. The van der Waals surface area contributed by atoms with E-state index in [1.807, 2.05) is 0 Å². The second-order valence-electron chi connectivity index (χ2n) is 6.90. The Hall–Kier alpha value is -2.42. The Bertz CT molecular complexity index is 953. The zero-order valence-electron chi connectivity index (χ0n) is 12.3. The highest BCUT2D eigenvalue weighted by Crippen LogP contribution is 2.65. The number of imidazole rings is 1. The van der Waals surface area contributed by atoms with E-state index in [4.69, 9.17) is 10.3 Å². The van der Waals surface area contributed by atoms with Gasteiger partial charge in [-0.05, 0) is 31.4 Å². The minimum absolute atomic E-state index is 0.0650. The molecular formula is C15H12F3N5O. The molecule has 3 aromatic heterocycles. The molecule has 0 spiro atoms. The number of hydrogen-bond acceptors (Lipinski definition) is 5. The average Bonchev–Trinajstić information content (AvgIpc) is 3.08. The number of aromatic nitrogens is 4. The lowest BCUT2D eigenvalue weighted by Gasteiger charge is -2.67. The molecule has 3 aromatic rings. The SMILES string of the molecule is NC12CC(c3noc(-c4ccc5nc(C(F)(F)F)cn5c4)n3)(C1)C2. The first-order valence-corrected chi connectivity index (χ1v) is 7.46. The number of alkyl halides is 3. The van der Waals surface area contributed by atoms with E-state index in [9.17, 15) is 13.2 Å². The maximum absolute atomic E-state index is 12.7. The predicted molar refractivity (Wildman–Crippen MR) is 75.9 cm³/mol. The quantitative estimate of drug-likeness (QED) is 0.778. The first-order chi connectivity index (χ1) is 11.3. The number of fused-ring (bicyclic) bond motifs is 1. The molecule has 0 aliphatic heterocycles. The van der Waals surface area contributed by atoms with Gasteiger partial charge in [0.15, 0.2) is 11.5 Å². The fraction of sp³-hybridized carbons (Fsp3) is 0.400. The monoisotopic (exact) mass is 335 g/mol. The van der Waals surface area contributed by atoms with Gasteiger partial charge in [-0.2, -0.15) is 18.2 Å². The zero-order chi connectivity index (χ0) is 16.7. The van der Waals surface area contributed by atoms with Crippen LogP contribution in [0.3, 0.4) is 0 Å². The van der Waals surface area contributed by atoms with Crippen LogP contribution in [-0.2, 0) is 11.6 Å². The van der Waals surface area contributed by atoms with Gasteiger partial charge >= 0.3 is 6.18 Å². The van der Waals surface area contributed by atoms with E-state index in [2.05, 4.69) is 15.1 Å². The fourth-order valence-electron chi connectivity index (χ4n) is 3.91. The van der Waals surface area contributed by atoms with Crippen LogP contribution in [0.15, 0.2) is 29.0 Å². The normalized spacial score (nSPS) is 28.7. The molecule has 0 amide bonds. The first-order valence-electron chi connectivity index (χ1n) is 7.46. The number of nitrogens with two attached hydrogens (primary N) is 1. The van der Waals surface area contributed by atoms with E-state index in [1.165, 1.54) is 16.7 Å². The van der Waals surface area contributed by atoms with E-state index >= 15 is 0 Å². The third-order valence-corrected chi connectivity index (χ3v) is 4.96. The van der Waals surface area contributed by atoms with Gasteiger partial charge < -0.3 is 14.7 Å². The summed E-state index contributed by atoms with van der Waals surface area (Å²) in [5.74, 6) is 0.913. The molecule has 0 radical (unpaired) electrons. The fourth-order valence-corrected chi connectivity index (χ4v) is 3.91. The van der Waals surface area contributed by atoms with Gasteiger partial charge in [-0.1, -0.05) is 5.16 Å². The van der Waals surface area contributed by atoms with E-state index < -0.39 is 11.9 Å². The van der Waals surface area contributed by atoms with Crippen LogP contribution in [0.2, 0.25) is 0 Å². The Morgan fingerprint density at radius 3 is 2.54 bits per heavy atom. The van der Waals surface area contributed by atoms with Crippen molar-refractivity contribution in [3.63, 3.8) is 0 Å². The lowest BCUT2D eigenvalue weighted by molar-refractivity contribution is -0.140. The molecular weight excluding hydrogens is 323 g/mol. The van der Waals surface area contributed by atoms with Gasteiger partial charge in [-0.15, -0.1) is 0 Å². The highest BCUT2D eigenvalue weighted by molar-refractivity contribution is 5.56.